The molecule has 2 heterocycles. The lowest BCUT2D eigenvalue weighted by molar-refractivity contribution is -0.275. The Morgan fingerprint density at radius 2 is 1.91 bits per heavy atom. The number of phenols is 1. The molecule has 0 aliphatic carbocycles. The highest BCUT2D eigenvalue weighted by molar-refractivity contribution is 5.98. The molecule has 0 fully saturated rings. The Morgan fingerprint density at radius 3 is 2.57 bits per heavy atom. The molecule has 3 N–H and O–H groups in total. The number of hydrogen-bond acceptors (Lipinski definition) is 6. The highest BCUT2D eigenvalue weighted by atomic mass is 19.4. The van der Waals surface area contributed by atoms with Crippen LogP contribution >= 0.6 is 0 Å². The molecule has 0 saturated heterocycles. The lowest BCUT2D eigenvalue weighted by Gasteiger charge is -2.39. The maximum absolute atomic E-state index is 14.6. The molecule has 0 radical (unpaired) electrons. The molecule has 0 bridgehead atoms. The van der Waals surface area contributed by atoms with Gasteiger partial charge >= 0.3 is 12.3 Å². The van der Waals surface area contributed by atoms with Gasteiger partial charge in [0.1, 0.15) is 28.3 Å². The Bertz CT molecular complexity index is 1310. The number of alkyl halides is 3. The van der Waals surface area contributed by atoms with Crippen molar-refractivity contribution >= 4 is 11.9 Å². The van der Waals surface area contributed by atoms with Gasteiger partial charge in [-0.3, -0.25) is 9.78 Å². The molecule has 35 heavy (non-hydrogen) atoms. The van der Waals surface area contributed by atoms with Crippen LogP contribution in [0.25, 0.3) is 0 Å². The number of halogens is 4. The second kappa shape index (κ2) is 8.78. The zero-order valence-corrected chi connectivity index (χ0v) is 17.6. The third-order valence-corrected chi connectivity index (χ3v) is 5.38. The zero-order chi connectivity index (χ0) is 25.4. The summed E-state index contributed by atoms with van der Waals surface area (Å²) < 4.78 is 61.7. The van der Waals surface area contributed by atoms with Crippen LogP contribution in [0.2, 0.25) is 0 Å². The number of carboxylic acid groups (broad SMARTS) is 1. The molecule has 1 unspecified atom stereocenters. The number of aromatic hydroxyl groups is 1. The van der Waals surface area contributed by atoms with E-state index >= 15 is 0 Å². The van der Waals surface area contributed by atoms with E-state index in [-0.39, 0.29) is 35.6 Å². The van der Waals surface area contributed by atoms with Gasteiger partial charge in [0.2, 0.25) is 0 Å². The van der Waals surface area contributed by atoms with Crippen LogP contribution < -0.4 is 14.8 Å². The van der Waals surface area contributed by atoms with Gasteiger partial charge in [-0.05, 0) is 48.0 Å². The molecule has 0 saturated carbocycles. The van der Waals surface area contributed by atoms with E-state index in [0.717, 1.165) is 24.3 Å². The van der Waals surface area contributed by atoms with E-state index in [1.807, 2.05) is 0 Å². The molecule has 2 aromatic carbocycles. The van der Waals surface area contributed by atoms with E-state index in [4.69, 9.17) is 9.84 Å². The molecular weight excluding hydrogens is 476 g/mol. The first-order chi connectivity index (χ1) is 16.5. The summed E-state index contributed by atoms with van der Waals surface area (Å²) >= 11 is 0. The SMILES string of the molecule is O=C(NC1(c2ccc(OC(F)(F)F)c(F)c2)CCOc2cccnc21)c1ccc(C(=O)O)c(O)c1. The number of ether oxygens (including phenoxy) is 2. The van der Waals surface area contributed by atoms with Crippen molar-refractivity contribution in [1.82, 2.24) is 10.3 Å². The van der Waals surface area contributed by atoms with Gasteiger partial charge in [-0.2, -0.15) is 0 Å². The fourth-order valence-corrected chi connectivity index (χ4v) is 3.83. The summed E-state index contributed by atoms with van der Waals surface area (Å²) in [6, 6.07) is 9.05. The summed E-state index contributed by atoms with van der Waals surface area (Å²) in [6.07, 6.45) is -3.68. The summed E-state index contributed by atoms with van der Waals surface area (Å²) in [5.74, 6) is -4.94. The van der Waals surface area contributed by atoms with Crippen molar-refractivity contribution in [3.8, 4) is 17.2 Å². The van der Waals surface area contributed by atoms with E-state index in [0.29, 0.717) is 0 Å². The average molecular weight is 492 g/mol. The van der Waals surface area contributed by atoms with Gasteiger partial charge in [-0.25, -0.2) is 9.18 Å². The number of carbonyl (C=O) groups is 2. The van der Waals surface area contributed by atoms with Crippen LogP contribution in [0.5, 0.6) is 17.2 Å². The number of benzene rings is 2. The Kier molecular flexibility index (Phi) is 5.97. The minimum atomic E-state index is -5.11. The van der Waals surface area contributed by atoms with Crippen LogP contribution in [0, 0.1) is 5.82 Å². The first-order valence-electron chi connectivity index (χ1n) is 10.0. The van der Waals surface area contributed by atoms with Crippen molar-refractivity contribution in [2.75, 3.05) is 6.61 Å². The molecule has 12 heteroatoms. The minimum Gasteiger partial charge on any atom is -0.507 e. The van der Waals surface area contributed by atoms with E-state index in [9.17, 15) is 32.3 Å². The van der Waals surface area contributed by atoms with Crippen LogP contribution in [-0.2, 0) is 5.54 Å². The fourth-order valence-electron chi connectivity index (χ4n) is 3.83. The van der Waals surface area contributed by atoms with Gasteiger partial charge < -0.3 is 25.0 Å². The average Bonchev–Trinajstić information content (AvgIpc) is 2.79. The van der Waals surface area contributed by atoms with Gasteiger partial charge in [-0.15, -0.1) is 13.2 Å². The summed E-state index contributed by atoms with van der Waals surface area (Å²) in [5, 5.41) is 21.8. The van der Waals surface area contributed by atoms with Crippen LogP contribution in [0.3, 0.4) is 0 Å². The molecule has 1 atom stereocenters. The standard InChI is InChI=1S/C23H16F4N2O6/c24-15-11-13(4-6-17(15)35-23(25,26)27)22(7-9-34-18-2-1-8-28-19(18)22)29-20(31)12-3-5-14(21(32)33)16(30)10-12/h1-6,8,10-11,30H,7,9H2,(H,29,31)(H,32,33). The van der Waals surface area contributed by atoms with Crippen molar-refractivity contribution in [3.63, 3.8) is 0 Å². The quantitative estimate of drug-likeness (QED) is 0.461. The number of rotatable bonds is 5. The van der Waals surface area contributed by atoms with Gasteiger partial charge in [0.15, 0.2) is 11.6 Å². The molecule has 1 aliphatic rings. The lowest BCUT2D eigenvalue weighted by atomic mass is 9.81. The van der Waals surface area contributed by atoms with E-state index < -0.39 is 46.7 Å². The molecule has 182 valence electrons. The van der Waals surface area contributed by atoms with Gasteiger partial charge in [-0.1, -0.05) is 6.07 Å². The van der Waals surface area contributed by atoms with E-state index in [1.165, 1.54) is 18.3 Å². The molecule has 1 aromatic heterocycles. The summed E-state index contributed by atoms with van der Waals surface area (Å²) in [4.78, 5) is 28.6. The Hall–Kier alpha value is -4.35. The van der Waals surface area contributed by atoms with Crippen LogP contribution in [0.15, 0.2) is 54.7 Å². The zero-order valence-electron chi connectivity index (χ0n) is 17.6. The van der Waals surface area contributed by atoms with Crippen molar-refractivity contribution in [2.45, 2.75) is 18.3 Å². The van der Waals surface area contributed by atoms with E-state index in [1.54, 1.807) is 12.1 Å². The van der Waals surface area contributed by atoms with E-state index in [2.05, 4.69) is 15.0 Å². The highest BCUT2D eigenvalue weighted by Gasteiger charge is 2.43. The van der Waals surface area contributed by atoms with Crippen molar-refractivity contribution < 1.29 is 46.8 Å². The van der Waals surface area contributed by atoms with Gasteiger partial charge in [0.05, 0.1) is 6.61 Å². The maximum atomic E-state index is 14.6. The number of nitrogens with one attached hydrogen (secondary N) is 1. The van der Waals surface area contributed by atoms with Crippen LogP contribution in [0.4, 0.5) is 17.6 Å². The maximum Gasteiger partial charge on any atom is 0.573 e. The molecule has 0 spiro atoms. The Balaban J connectivity index is 1.79. The topological polar surface area (TPSA) is 118 Å². The first-order valence-corrected chi connectivity index (χ1v) is 10.0. The highest BCUT2D eigenvalue weighted by Crippen LogP contribution is 2.42. The monoisotopic (exact) mass is 492 g/mol. The third kappa shape index (κ3) is 4.67. The Labute approximate surface area is 194 Å². The molecule has 3 aromatic rings. The number of aromatic nitrogens is 1. The summed E-state index contributed by atoms with van der Waals surface area (Å²) in [5.41, 5.74) is -1.84. The second-order valence-corrected chi connectivity index (χ2v) is 7.54. The number of nitrogens with zero attached hydrogens (tertiary/aromatic N) is 1. The minimum absolute atomic E-state index is 0.0286. The van der Waals surface area contributed by atoms with Gasteiger partial charge in [0, 0.05) is 18.2 Å². The third-order valence-electron chi connectivity index (χ3n) is 5.38. The number of carboxylic acids is 1. The van der Waals surface area contributed by atoms with Gasteiger partial charge in [0.25, 0.3) is 5.91 Å². The largest absolute Gasteiger partial charge is 0.573 e. The molecule has 1 aliphatic heterocycles. The molecule has 4 rings (SSSR count). The van der Waals surface area contributed by atoms with Crippen molar-refractivity contribution in [3.05, 3.63) is 82.9 Å². The fraction of sp³-hybridized carbons (Fsp3) is 0.174. The predicted molar refractivity (Wildman–Crippen MR) is 111 cm³/mol. The number of fused-ring (bicyclic) bond motifs is 1. The first kappa shape index (κ1) is 23.8. The number of amides is 1. The van der Waals surface area contributed by atoms with Crippen LogP contribution in [-0.4, -0.2) is 40.0 Å². The smallest absolute Gasteiger partial charge is 0.507 e. The number of aromatic carboxylic acids is 1. The van der Waals surface area contributed by atoms with Crippen molar-refractivity contribution in [1.29, 1.82) is 0 Å². The Morgan fingerprint density at radius 1 is 1.14 bits per heavy atom. The summed E-state index contributed by atoms with van der Waals surface area (Å²) in [7, 11) is 0. The predicted octanol–water partition coefficient (Wildman–Crippen LogP) is 3.98. The lowest BCUT2D eigenvalue weighted by Crippen LogP contribution is -2.50. The summed E-state index contributed by atoms with van der Waals surface area (Å²) in [6.45, 7) is 0.0462. The van der Waals surface area contributed by atoms with Crippen LogP contribution in [0.1, 0.15) is 38.4 Å². The normalized spacial score (nSPS) is 17.1. The van der Waals surface area contributed by atoms with Crippen molar-refractivity contribution in [2.24, 2.45) is 0 Å². The molecule has 1 amide bonds. The molecular formula is C23H16F4N2O6. The second-order valence-electron chi connectivity index (χ2n) is 7.54. The molecule has 8 nitrogen and oxygen atoms in total. The number of pyridine rings is 1. The number of hydrogen-bond donors (Lipinski definition) is 3. The number of carbonyl (C=O) groups excluding carboxylic acids is 1.